The molecule has 2 N–H and O–H groups in total. The van der Waals surface area contributed by atoms with Crippen molar-refractivity contribution >= 4 is 17.9 Å². The zero-order valence-corrected chi connectivity index (χ0v) is 15.7. The third kappa shape index (κ3) is 3.10. The number of amidine groups is 1. The lowest BCUT2D eigenvalue weighted by Gasteiger charge is -2.36. The van der Waals surface area contributed by atoms with E-state index in [2.05, 4.69) is 10.3 Å². The molecule has 2 aromatic carbocycles. The van der Waals surface area contributed by atoms with E-state index in [0.29, 0.717) is 0 Å². The third-order valence-electron chi connectivity index (χ3n) is 5.57. The van der Waals surface area contributed by atoms with Gasteiger partial charge in [0.2, 0.25) is 0 Å². The van der Waals surface area contributed by atoms with E-state index in [1.807, 2.05) is 0 Å². The topological polar surface area (TPSA) is 88.0 Å². The van der Waals surface area contributed by atoms with Gasteiger partial charge in [-0.3, -0.25) is 10.1 Å². The first-order chi connectivity index (χ1) is 14.2. The van der Waals surface area contributed by atoms with E-state index in [9.17, 15) is 27.9 Å². The average molecular weight is 418 g/mol. The summed E-state index contributed by atoms with van der Waals surface area (Å²) in [5.74, 6) is -3.90. The summed E-state index contributed by atoms with van der Waals surface area (Å²) < 4.78 is 49.2. The molecule has 0 bridgehead atoms. The van der Waals surface area contributed by atoms with Crippen molar-refractivity contribution < 1.29 is 32.6 Å². The Kier molecular flexibility index (Phi) is 4.56. The second-order valence-electron chi connectivity index (χ2n) is 7.53. The number of nitrogens with one attached hydrogen (secondary N) is 1. The zero-order chi connectivity index (χ0) is 21.7. The maximum atomic E-state index is 14.7. The van der Waals surface area contributed by atoms with Crippen LogP contribution in [0.4, 0.5) is 13.2 Å². The number of fused-ring (bicyclic) bond motifs is 1. The van der Waals surface area contributed by atoms with Gasteiger partial charge in [-0.05, 0) is 43.7 Å². The number of amides is 1. The van der Waals surface area contributed by atoms with E-state index in [4.69, 9.17) is 4.74 Å². The Morgan fingerprint density at radius 2 is 1.90 bits per heavy atom. The fourth-order valence-corrected chi connectivity index (χ4v) is 3.91. The standard InChI is InChI=1S/C21H17F3N2O4/c1-20-10-15(20)21(18(23)24,13-9-12(17(28)29)7-8-14(13)22)26-19(30-20)25-16(27)11-5-3-2-4-6-11/h2-9,15,18H,10H2,1H3,(H,28,29)(H,25,26,27)/t15-,20+,21+/m1/s1. The number of carboxylic acids is 1. The number of rotatable bonds is 4. The van der Waals surface area contributed by atoms with Crippen LogP contribution in [-0.2, 0) is 10.3 Å². The highest BCUT2D eigenvalue weighted by Crippen LogP contribution is 2.62. The van der Waals surface area contributed by atoms with Gasteiger partial charge in [0.25, 0.3) is 18.4 Å². The first kappa shape index (κ1) is 19.9. The molecule has 9 heteroatoms. The summed E-state index contributed by atoms with van der Waals surface area (Å²) >= 11 is 0. The highest BCUT2D eigenvalue weighted by atomic mass is 19.3. The number of halogens is 3. The van der Waals surface area contributed by atoms with Crippen LogP contribution in [-0.4, -0.2) is 35.0 Å². The number of hydrogen-bond acceptors (Lipinski definition) is 4. The first-order valence-corrected chi connectivity index (χ1v) is 9.14. The smallest absolute Gasteiger partial charge is 0.335 e. The van der Waals surface area contributed by atoms with Gasteiger partial charge in [0.05, 0.1) is 5.56 Å². The Balaban J connectivity index is 1.81. The normalized spacial score (nSPS) is 27.0. The molecule has 30 heavy (non-hydrogen) atoms. The zero-order valence-electron chi connectivity index (χ0n) is 15.7. The fourth-order valence-electron chi connectivity index (χ4n) is 3.91. The Hall–Kier alpha value is -3.36. The number of alkyl halides is 2. The van der Waals surface area contributed by atoms with Crippen LogP contribution in [0.25, 0.3) is 0 Å². The molecule has 1 aliphatic heterocycles. The number of aliphatic imine (C=N–C) groups is 1. The lowest BCUT2D eigenvalue weighted by Crippen LogP contribution is -2.48. The molecule has 2 aromatic rings. The van der Waals surface area contributed by atoms with Crippen molar-refractivity contribution in [2.24, 2.45) is 10.9 Å². The summed E-state index contributed by atoms with van der Waals surface area (Å²) in [5, 5.41) is 11.6. The molecule has 0 spiro atoms. The number of benzene rings is 2. The van der Waals surface area contributed by atoms with E-state index < -0.39 is 52.8 Å². The lowest BCUT2D eigenvalue weighted by molar-refractivity contribution is -0.00130. The molecule has 156 valence electrons. The van der Waals surface area contributed by atoms with Gasteiger partial charge in [0.1, 0.15) is 11.4 Å². The molecular formula is C21H17F3N2O4. The van der Waals surface area contributed by atoms with E-state index in [0.717, 1.165) is 18.2 Å². The number of carbonyl (C=O) groups excluding carboxylic acids is 1. The van der Waals surface area contributed by atoms with Crippen molar-refractivity contribution in [1.29, 1.82) is 0 Å². The van der Waals surface area contributed by atoms with Gasteiger partial charge in [-0.25, -0.2) is 23.0 Å². The Morgan fingerprint density at radius 1 is 1.20 bits per heavy atom. The van der Waals surface area contributed by atoms with E-state index in [1.54, 1.807) is 25.1 Å². The summed E-state index contributed by atoms with van der Waals surface area (Å²) in [5.41, 5.74) is -4.11. The first-order valence-electron chi connectivity index (χ1n) is 9.14. The maximum absolute atomic E-state index is 14.7. The Labute approximate surface area is 169 Å². The molecule has 0 saturated heterocycles. The van der Waals surface area contributed by atoms with Crippen LogP contribution in [0.15, 0.2) is 53.5 Å². The molecule has 0 radical (unpaired) electrons. The summed E-state index contributed by atoms with van der Waals surface area (Å²) in [6.45, 7) is 1.57. The molecular weight excluding hydrogens is 401 g/mol. The van der Waals surface area contributed by atoms with Crippen LogP contribution in [0, 0.1) is 11.7 Å². The van der Waals surface area contributed by atoms with Crippen molar-refractivity contribution in [3.63, 3.8) is 0 Å². The number of carboxylic acid groups (broad SMARTS) is 1. The second-order valence-corrected chi connectivity index (χ2v) is 7.53. The molecule has 3 atom stereocenters. The van der Waals surface area contributed by atoms with E-state index in [-0.39, 0.29) is 17.5 Å². The van der Waals surface area contributed by atoms with Gasteiger partial charge in [0.15, 0.2) is 5.54 Å². The maximum Gasteiger partial charge on any atom is 0.335 e. The summed E-state index contributed by atoms with van der Waals surface area (Å²) in [4.78, 5) is 27.7. The predicted octanol–water partition coefficient (Wildman–Crippen LogP) is 3.58. The molecule has 1 amide bonds. The average Bonchev–Trinajstić information content (AvgIpc) is 3.39. The van der Waals surface area contributed by atoms with Gasteiger partial charge in [-0.1, -0.05) is 18.2 Å². The van der Waals surface area contributed by atoms with Crippen molar-refractivity contribution in [1.82, 2.24) is 5.32 Å². The lowest BCUT2D eigenvalue weighted by atomic mass is 9.82. The highest BCUT2D eigenvalue weighted by molar-refractivity contribution is 6.04. The Bertz CT molecular complexity index is 1060. The van der Waals surface area contributed by atoms with Gasteiger partial charge in [0, 0.05) is 17.0 Å². The van der Waals surface area contributed by atoms with Crippen molar-refractivity contribution in [3.8, 4) is 0 Å². The van der Waals surface area contributed by atoms with Gasteiger partial charge in [-0.15, -0.1) is 0 Å². The van der Waals surface area contributed by atoms with Crippen LogP contribution in [0.2, 0.25) is 0 Å². The summed E-state index contributed by atoms with van der Waals surface area (Å²) in [6, 6.07) is 10.3. The summed E-state index contributed by atoms with van der Waals surface area (Å²) in [6.07, 6.45) is -3.03. The molecule has 1 heterocycles. The number of ether oxygens (including phenoxy) is 1. The monoisotopic (exact) mass is 418 g/mol. The minimum atomic E-state index is -3.17. The van der Waals surface area contributed by atoms with Gasteiger partial charge in [-0.2, -0.15) is 0 Å². The largest absolute Gasteiger partial charge is 0.478 e. The fraction of sp³-hybridized carbons (Fsp3) is 0.286. The number of nitrogens with zero attached hydrogens (tertiary/aromatic N) is 1. The van der Waals surface area contributed by atoms with Crippen LogP contribution in [0.1, 0.15) is 39.6 Å². The molecule has 0 unspecified atom stereocenters. The van der Waals surface area contributed by atoms with E-state index >= 15 is 0 Å². The predicted molar refractivity (Wildman–Crippen MR) is 100.0 cm³/mol. The van der Waals surface area contributed by atoms with Crippen LogP contribution in [0.3, 0.4) is 0 Å². The van der Waals surface area contributed by atoms with E-state index in [1.165, 1.54) is 12.1 Å². The molecule has 0 aromatic heterocycles. The van der Waals surface area contributed by atoms with Crippen LogP contribution in [0.5, 0.6) is 0 Å². The van der Waals surface area contributed by atoms with Crippen molar-refractivity contribution in [3.05, 3.63) is 71.0 Å². The molecule has 1 fully saturated rings. The molecule has 4 rings (SSSR count). The SMILES string of the molecule is C[C@]12C[C@H]1[C@@](c1cc(C(=O)O)ccc1F)(C(F)F)N=C(NC(=O)c1ccccc1)O2. The molecule has 2 aliphatic rings. The van der Waals surface area contributed by atoms with Crippen LogP contribution < -0.4 is 5.32 Å². The quantitative estimate of drug-likeness (QED) is 0.795. The molecule has 1 saturated carbocycles. The van der Waals surface area contributed by atoms with Crippen molar-refractivity contribution in [2.45, 2.75) is 30.9 Å². The molecule has 1 aliphatic carbocycles. The third-order valence-corrected chi connectivity index (χ3v) is 5.57. The molecule has 6 nitrogen and oxygen atoms in total. The minimum Gasteiger partial charge on any atom is -0.478 e. The Morgan fingerprint density at radius 3 is 2.53 bits per heavy atom. The second kappa shape index (κ2) is 6.86. The summed E-state index contributed by atoms with van der Waals surface area (Å²) in [7, 11) is 0. The minimum absolute atomic E-state index is 0.141. The van der Waals surface area contributed by atoms with Crippen LogP contribution >= 0.6 is 0 Å². The van der Waals surface area contributed by atoms with Gasteiger partial charge < -0.3 is 9.84 Å². The number of carbonyl (C=O) groups is 2. The highest BCUT2D eigenvalue weighted by Gasteiger charge is 2.71. The number of hydrogen-bond donors (Lipinski definition) is 2. The van der Waals surface area contributed by atoms with Gasteiger partial charge >= 0.3 is 5.97 Å². The number of aromatic carboxylic acids is 1. The van der Waals surface area contributed by atoms with Crippen molar-refractivity contribution in [2.75, 3.05) is 0 Å².